The van der Waals surface area contributed by atoms with Crippen molar-refractivity contribution >= 4 is 22.5 Å². The summed E-state index contributed by atoms with van der Waals surface area (Å²) in [5, 5.41) is 14.1. The largest absolute Gasteiger partial charge is 0.508 e. The number of hydrogen-bond donors (Lipinski definition) is 1. The maximum absolute atomic E-state index is 12.6. The van der Waals surface area contributed by atoms with Gasteiger partial charge in [-0.2, -0.15) is 18.3 Å². The fraction of sp³-hybridized carbons (Fsp3) is 0.0769. The fourth-order valence-corrected chi connectivity index (χ4v) is 2.16. The lowest BCUT2D eigenvalue weighted by Gasteiger charge is -2.09. The SMILES string of the molecule is Oc1ccc2cnn(-c3ncc(C(F)(F)F)cc3Cl)c2c1. The second-order valence-corrected chi connectivity index (χ2v) is 4.73. The molecule has 0 amide bonds. The van der Waals surface area contributed by atoms with Crippen LogP contribution in [0.1, 0.15) is 5.56 Å². The summed E-state index contributed by atoms with van der Waals surface area (Å²) in [6.45, 7) is 0. The highest BCUT2D eigenvalue weighted by Gasteiger charge is 2.31. The van der Waals surface area contributed by atoms with Crippen LogP contribution in [0.4, 0.5) is 13.2 Å². The van der Waals surface area contributed by atoms with Gasteiger partial charge >= 0.3 is 6.18 Å². The minimum absolute atomic E-state index is 0.00674. The summed E-state index contributed by atoms with van der Waals surface area (Å²) in [5.74, 6) is 0.0672. The Morgan fingerprint density at radius 2 is 1.90 bits per heavy atom. The van der Waals surface area contributed by atoms with Gasteiger partial charge in [0.1, 0.15) is 5.75 Å². The molecule has 3 aromatic rings. The van der Waals surface area contributed by atoms with Crippen molar-refractivity contribution in [2.24, 2.45) is 0 Å². The normalized spacial score (nSPS) is 12.0. The van der Waals surface area contributed by atoms with Crippen molar-refractivity contribution in [3.63, 3.8) is 0 Å². The van der Waals surface area contributed by atoms with E-state index in [0.717, 1.165) is 6.07 Å². The standard InChI is InChI=1S/C13H7ClF3N3O/c14-10-3-8(13(15,16)17)6-18-12(10)20-11-4-9(21)2-1-7(11)5-19-20/h1-6,21H. The van der Waals surface area contributed by atoms with Crippen LogP contribution in [-0.4, -0.2) is 19.9 Å². The fourth-order valence-electron chi connectivity index (χ4n) is 1.92. The molecule has 0 aliphatic rings. The van der Waals surface area contributed by atoms with E-state index in [4.69, 9.17) is 11.6 Å². The van der Waals surface area contributed by atoms with Gasteiger partial charge < -0.3 is 5.11 Å². The van der Waals surface area contributed by atoms with Crippen molar-refractivity contribution in [1.82, 2.24) is 14.8 Å². The quantitative estimate of drug-likeness (QED) is 0.743. The number of aromatic nitrogens is 3. The summed E-state index contributed by atoms with van der Waals surface area (Å²) in [5.41, 5.74) is -0.445. The van der Waals surface area contributed by atoms with Crippen molar-refractivity contribution in [3.8, 4) is 11.6 Å². The van der Waals surface area contributed by atoms with Gasteiger partial charge in [0, 0.05) is 17.6 Å². The van der Waals surface area contributed by atoms with E-state index in [1.165, 1.54) is 23.0 Å². The Morgan fingerprint density at radius 3 is 2.57 bits per heavy atom. The zero-order valence-corrected chi connectivity index (χ0v) is 11.0. The number of alkyl halides is 3. The second kappa shape index (κ2) is 4.63. The lowest BCUT2D eigenvalue weighted by atomic mass is 10.2. The number of pyridine rings is 1. The van der Waals surface area contributed by atoms with Gasteiger partial charge in [0.2, 0.25) is 0 Å². The first kappa shape index (κ1) is 13.7. The average molecular weight is 314 g/mol. The van der Waals surface area contributed by atoms with E-state index < -0.39 is 11.7 Å². The highest BCUT2D eigenvalue weighted by atomic mass is 35.5. The minimum atomic E-state index is -4.51. The Labute approximate surface area is 121 Å². The number of benzene rings is 1. The molecular weight excluding hydrogens is 307 g/mol. The van der Waals surface area contributed by atoms with Crippen LogP contribution >= 0.6 is 11.6 Å². The molecule has 0 atom stereocenters. The van der Waals surface area contributed by atoms with E-state index in [2.05, 4.69) is 10.1 Å². The summed E-state index contributed by atoms with van der Waals surface area (Å²) in [6, 6.07) is 5.33. The number of aromatic hydroxyl groups is 1. The molecular formula is C13H7ClF3N3O. The molecule has 0 aliphatic heterocycles. The number of halogens is 4. The molecule has 0 saturated carbocycles. The number of phenols is 1. The van der Waals surface area contributed by atoms with E-state index in [1.54, 1.807) is 6.07 Å². The second-order valence-electron chi connectivity index (χ2n) is 4.33. The van der Waals surface area contributed by atoms with Crippen molar-refractivity contribution in [2.75, 3.05) is 0 Å². The predicted molar refractivity (Wildman–Crippen MR) is 70.5 cm³/mol. The molecule has 21 heavy (non-hydrogen) atoms. The lowest BCUT2D eigenvalue weighted by molar-refractivity contribution is -0.137. The Bertz CT molecular complexity index is 829. The zero-order valence-electron chi connectivity index (χ0n) is 10.3. The first-order valence-electron chi connectivity index (χ1n) is 5.76. The number of fused-ring (bicyclic) bond motifs is 1. The monoisotopic (exact) mass is 313 g/mol. The van der Waals surface area contributed by atoms with Crippen LogP contribution in [-0.2, 0) is 6.18 Å². The molecule has 108 valence electrons. The molecule has 0 saturated heterocycles. The van der Waals surface area contributed by atoms with E-state index in [0.29, 0.717) is 17.1 Å². The summed E-state index contributed by atoms with van der Waals surface area (Å²) in [4.78, 5) is 3.73. The molecule has 0 radical (unpaired) electrons. The average Bonchev–Trinajstić information content (AvgIpc) is 2.80. The summed E-state index contributed by atoms with van der Waals surface area (Å²) in [7, 11) is 0. The third kappa shape index (κ3) is 2.40. The Balaban J connectivity index is 2.17. The lowest BCUT2D eigenvalue weighted by Crippen LogP contribution is -2.08. The number of phenolic OH excluding ortho intramolecular Hbond substituents is 1. The molecule has 1 aromatic carbocycles. The molecule has 0 aliphatic carbocycles. The molecule has 4 nitrogen and oxygen atoms in total. The van der Waals surface area contributed by atoms with E-state index in [1.807, 2.05) is 0 Å². The first-order chi connectivity index (χ1) is 9.86. The van der Waals surface area contributed by atoms with Gasteiger partial charge in [-0.05, 0) is 18.2 Å². The molecule has 3 rings (SSSR count). The van der Waals surface area contributed by atoms with Crippen LogP contribution < -0.4 is 0 Å². The summed E-state index contributed by atoms with van der Waals surface area (Å²) in [6.07, 6.45) is -2.32. The molecule has 0 fully saturated rings. The van der Waals surface area contributed by atoms with Crippen LogP contribution in [0.3, 0.4) is 0 Å². The molecule has 1 N–H and O–H groups in total. The number of nitrogens with zero attached hydrogens (tertiary/aromatic N) is 3. The van der Waals surface area contributed by atoms with Gasteiger partial charge in [0.15, 0.2) is 5.82 Å². The van der Waals surface area contributed by atoms with Gasteiger partial charge in [-0.15, -0.1) is 0 Å². The Hall–Kier alpha value is -2.28. The van der Waals surface area contributed by atoms with Crippen molar-refractivity contribution in [1.29, 1.82) is 0 Å². The van der Waals surface area contributed by atoms with Gasteiger partial charge in [0.25, 0.3) is 0 Å². The Kier molecular flexibility index (Phi) is 3.02. The maximum Gasteiger partial charge on any atom is 0.417 e. The minimum Gasteiger partial charge on any atom is -0.508 e. The molecule has 2 heterocycles. The van der Waals surface area contributed by atoms with Crippen LogP contribution in [0.5, 0.6) is 5.75 Å². The molecule has 8 heteroatoms. The van der Waals surface area contributed by atoms with Gasteiger partial charge in [0.05, 0.1) is 22.3 Å². The third-order valence-corrected chi connectivity index (χ3v) is 3.18. The number of hydrogen-bond acceptors (Lipinski definition) is 3. The van der Waals surface area contributed by atoms with Gasteiger partial charge in [-0.25, -0.2) is 9.67 Å². The number of rotatable bonds is 1. The highest BCUT2D eigenvalue weighted by molar-refractivity contribution is 6.32. The molecule has 0 spiro atoms. The van der Waals surface area contributed by atoms with Crippen molar-refractivity contribution in [2.45, 2.75) is 6.18 Å². The maximum atomic E-state index is 12.6. The summed E-state index contributed by atoms with van der Waals surface area (Å²) >= 11 is 5.88. The van der Waals surface area contributed by atoms with Crippen LogP contribution in [0, 0.1) is 0 Å². The van der Waals surface area contributed by atoms with Crippen LogP contribution in [0.15, 0.2) is 36.7 Å². The zero-order chi connectivity index (χ0) is 15.2. The molecule has 0 bridgehead atoms. The summed E-state index contributed by atoms with van der Waals surface area (Å²) < 4.78 is 39.1. The highest BCUT2D eigenvalue weighted by Crippen LogP contribution is 2.32. The Morgan fingerprint density at radius 1 is 1.14 bits per heavy atom. The first-order valence-corrected chi connectivity index (χ1v) is 6.14. The molecule has 0 unspecified atom stereocenters. The van der Waals surface area contributed by atoms with Gasteiger partial charge in [-0.1, -0.05) is 11.6 Å². The van der Waals surface area contributed by atoms with Crippen molar-refractivity contribution < 1.29 is 18.3 Å². The third-order valence-electron chi connectivity index (χ3n) is 2.90. The predicted octanol–water partition coefficient (Wildman–Crippen LogP) is 3.80. The van der Waals surface area contributed by atoms with E-state index in [9.17, 15) is 18.3 Å². The van der Waals surface area contributed by atoms with Crippen LogP contribution in [0.2, 0.25) is 5.02 Å². The van der Waals surface area contributed by atoms with E-state index in [-0.39, 0.29) is 16.6 Å². The smallest absolute Gasteiger partial charge is 0.417 e. The van der Waals surface area contributed by atoms with Crippen molar-refractivity contribution in [3.05, 3.63) is 47.2 Å². The molecule has 2 aromatic heterocycles. The van der Waals surface area contributed by atoms with E-state index >= 15 is 0 Å². The topological polar surface area (TPSA) is 50.9 Å². The van der Waals surface area contributed by atoms with Gasteiger partial charge in [-0.3, -0.25) is 0 Å². The van der Waals surface area contributed by atoms with Crippen LogP contribution in [0.25, 0.3) is 16.7 Å².